The SMILES string of the molecule is O=C(Nc1cc(Cl)c(O)cc1OCC(O)CN1CCC2(CC1)Cc1cc(Cl)ccc1O2)C1CCCC1. The number of amides is 1. The highest BCUT2D eigenvalue weighted by atomic mass is 35.5. The van der Waals surface area contributed by atoms with Gasteiger partial charge in [0.25, 0.3) is 0 Å². The summed E-state index contributed by atoms with van der Waals surface area (Å²) < 4.78 is 12.1. The molecule has 0 aromatic heterocycles. The Labute approximate surface area is 221 Å². The number of carbonyl (C=O) groups excluding carboxylic acids is 1. The van der Waals surface area contributed by atoms with Crippen LogP contribution in [0.5, 0.6) is 17.2 Å². The molecule has 0 bridgehead atoms. The van der Waals surface area contributed by atoms with E-state index in [4.69, 9.17) is 32.7 Å². The van der Waals surface area contributed by atoms with Crippen molar-refractivity contribution in [1.82, 2.24) is 4.90 Å². The molecule has 194 valence electrons. The van der Waals surface area contributed by atoms with E-state index in [-0.39, 0.29) is 40.6 Å². The van der Waals surface area contributed by atoms with Gasteiger partial charge in [0.2, 0.25) is 5.91 Å². The van der Waals surface area contributed by atoms with E-state index in [0.29, 0.717) is 12.2 Å². The van der Waals surface area contributed by atoms with Crippen molar-refractivity contribution in [3.05, 3.63) is 45.9 Å². The molecule has 1 saturated heterocycles. The lowest BCUT2D eigenvalue weighted by molar-refractivity contribution is -0.119. The standard InChI is InChI=1S/C27H32Cl2N2O5/c28-19-5-6-24-18(11-19)14-27(36-24)7-9-31(10-8-27)15-20(32)16-35-25-13-23(33)21(29)12-22(25)30-26(34)17-3-1-2-4-17/h5-6,11-13,17,20,32-33H,1-4,7-10,14-16H2,(H,30,34). The van der Waals surface area contributed by atoms with Crippen molar-refractivity contribution in [1.29, 1.82) is 0 Å². The van der Waals surface area contributed by atoms with Crippen LogP contribution < -0.4 is 14.8 Å². The second-order valence-corrected chi connectivity index (χ2v) is 11.1. The number of aromatic hydroxyl groups is 1. The Balaban J connectivity index is 1.13. The molecule has 36 heavy (non-hydrogen) atoms. The molecule has 3 aliphatic rings. The summed E-state index contributed by atoms with van der Waals surface area (Å²) in [6, 6.07) is 8.65. The molecule has 2 aromatic carbocycles. The van der Waals surface area contributed by atoms with Crippen LogP contribution in [-0.2, 0) is 11.2 Å². The number of likely N-dealkylation sites (tertiary alicyclic amines) is 1. The van der Waals surface area contributed by atoms with Gasteiger partial charge in [-0.1, -0.05) is 36.0 Å². The van der Waals surface area contributed by atoms with E-state index in [1.807, 2.05) is 18.2 Å². The van der Waals surface area contributed by atoms with Crippen molar-refractivity contribution in [2.45, 2.75) is 56.7 Å². The average Bonchev–Trinajstić information content (AvgIpc) is 3.50. The van der Waals surface area contributed by atoms with E-state index in [0.717, 1.165) is 74.4 Å². The monoisotopic (exact) mass is 534 g/mol. The minimum atomic E-state index is -0.740. The van der Waals surface area contributed by atoms with E-state index in [1.165, 1.54) is 12.1 Å². The lowest BCUT2D eigenvalue weighted by Crippen LogP contribution is -2.49. The van der Waals surface area contributed by atoms with E-state index in [9.17, 15) is 15.0 Å². The highest BCUT2D eigenvalue weighted by Gasteiger charge is 2.42. The number of β-amino-alcohol motifs (C(OH)–C–C–N with tert-alkyl or cyclic N) is 1. The fraction of sp³-hybridized carbons (Fsp3) is 0.519. The Morgan fingerprint density at radius 2 is 1.94 bits per heavy atom. The second kappa shape index (κ2) is 10.7. The molecule has 2 fully saturated rings. The minimum Gasteiger partial charge on any atom is -0.506 e. The molecule has 3 N–H and O–H groups in total. The van der Waals surface area contributed by atoms with Gasteiger partial charge in [0, 0.05) is 55.9 Å². The highest BCUT2D eigenvalue weighted by Crippen LogP contribution is 2.42. The summed E-state index contributed by atoms with van der Waals surface area (Å²) >= 11 is 12.2. The topological polar surface area (TPSA) is 91.3 Å². The molecule has 1 spiro atoms. The number of hydrogen-bond donors (Lipinski definition) is 3. The summed E-state index contributed by atoms with van der Waals surface area (Å²) in [5.41, 5.74) is 1.37. The number of nitrogens with one attached hydrogen (secondary N) is 1. The fourth-order valence-electron chi connectivity index (χ4n) is 5.54. The third-order valence-corrected chi connectivity index (χ3v) is 8.10. The molecule has 2 aromatic rings. The Hall–Kier alpha value is -2.19. The summed E-state index contributed by atoms with van der Waals surface area (Å²) in [4.78, 5) is 14.8. The van der Waals surface area contributed by atoms with Crippen molar-refractivity contribution in [3.63, 3.8) is 0 Å². The zero-order chi connectivity index (χ0) is 25.3. The third-order valence-electron chi connectivity index (χ3n) is 7.56. The number of nitrogens with zero attached hydrogens (tertiary/aromatic N) is 1. The van der Waals surface area contributed by atoms with Gasteiger partial charge in [-0.25, -0.2) is 0 Å². The molecular formula is C27H32Cl2N2O5. The Morgan fingerprint density at radius 1 is 1.19 bits per heavy atom. The Morgan fingerprint density at radius 3 is 2.69 bits per heavy atom. The van der Waals surface area contributed by atoms with Crippen molar-refractivity contribution in [3.8, 4) is 17.2 Å². The fourth-order valence-corrected chi connectivity index (χ4v) is 5.90. The lowest BCUT2D eigenvalue weighted by Gasteiger charge is -2.39. The number of benzene rings is 2. The quantitative estimate of drug-likeness (QED) is 0.431. The van der Waals surface area contributed by atoms with Crippen molar-refractivity contribution < 1.29 is 24.5 Å². The summed E-state index contributed by atoms with van der Waals surface area (Å²) in [6.07, 6.45) is 5.70. The van der Waals surface area contributed by atoms with E-state index >= 15 is 0 Å². The molecule has 1 unspecified atom stereocenters. The average molecular weight is 535 g/mol. The molecule has 2 aliphatic heterocycles. The molecule has 7 nitrogen and oxygen atoms in total. The first-order valence-corrected chi connectivity index (χ1v) is 13.4. The van der Waals surface area contributed by atoms with Crippen LogP contribution in [0, 0.1) is 5.92 Å². The maximum absolute atomic E-state index is 12.6. The van der Waals surface area contributed by atoms with Crippen LogP contribution in [0.25, 0.3) is 0 Å². The van der Waals surface area contributed by atoms with Gasteiger partial charge in [-0.05, 0) is 42.7 Å². The van der Waals surface area contributed by atoms with Crippen LogP contribution in [0.3, 0.4) is 0 Å². The van der Waals surface area contributed by atoms with Gasteiger partial charge < -0.3 is 29.9 Å². The van der Waals surface area contributed by atoms with Gasteiger partial charge in [0.15, 0.2) is 0 Å². The van der Waals surface area contributed by atoms with E-state index in [1.54, 1.807) is 0 Å². The molecule has 1 atom stereocenters. The summed E-state index contributed by atoms with van der Waals surface area (Å²) in [7, 11) is 0. The largest absolute Gasteiger partial charge is 0.506 e. The molecule has 9 heteroatoms. The van der Waals surface area contributed by atoms with Gasteiger partial charge in [-0.15, -0.1) is 0 Å². The number of aliphatic hydroxyl groups excluding tert-OH is 1. The molecule has 0 radical (unpaired) electrons. The van der Waals surface area contributed by atoms with Crippen molar-refractivity contribution >= 4 is 34.8 Å². The molecule has 5 rings (SSSR count). The molecule has 1 saturated carbocycles. The first kappa shape index (κ1) is 25.5. The van der Waals surface area contributed by atoms with Gasteiger partial charge in [-0.3, -0.25) is 4.79 Å². The van der Waals surface area contributed by atoms with Gasteiger partial charge in [-0.2, -0.15) is 0 Å². The lowest BCUT2D eigenvalue weighted by atomic mass is 9.87. The van der Waals surface area contributed by atoms with Gasteiger partial charge in [0.1, 0.15) is 35.6 Å². The van der Waals surface area contributed by atoms with Gasteiger partial charge >= 0.3 is 0 Å². The number of ether oxygens (including phenoxy) is 2. The van der Waals surface area contributed by atoms with Crippen LogP contribution in [0.2, 0.25) is 10.0 Å². The highest BCUT2D eigenvalue weighted by molar-refractivity contribution is 6.32. The predicted octanol–water partition coefficient (Wildman–Crippen LogP) is 5.04. The first-order chi connectivity index (χ1) is 17.3. The molecule has 2 heterocycles. The number of piperidine rings is 1. The van der Waals surface area contributed by atoms with E-state index < -0.39 is 6.10 Å². The number of carbonyl (C=O) groups is 1. The number of halogens is 2. The Bertz CT molecular complexity index is 1110. The summed E-state index contributed by atoms with van der Waals surface area (Å²) in [5, 5.41) is 24.5. The number of anilines is 1. The van der Waals surface area contributed by atoms with Crippen LogP contribution >= 0.6 is 23.2 Å². The number of hydrogen-bond acceptors (Lipinski definition) is 6. The minimum absolute atomic E-state index is 0.0213. The normalized spacial score (nSPS) is 20.2. The zero-order valence-electron chi connectivity index (χ0n) is 20.1. The molecular weight excluding hydrogens is 503 g/mol. The van der Waals surface area contributed by atoms with Crippen molar-refractivity contribution in [2.24, 2.45) is 5.92 Å². The van der Waals surface area contributed by atoms with Crippen LogP contribution in [0.4, 0.5) is 5.69 Å². The summed E-state index contributed by atoms with van der Waals surface area (Å²) in [6.45, 7) is 2.10. The molecule has 1 aliphatic carbocycles. The number of phenols is 1. The molecule has 1 amide bonds. The number of rotatable bonds is 7. The van der Waals surface area contributed by atoms with E-state index in [2.05, 4.69) is 10.2 Å². The predicted molar refractivity (Wildman–Crippen MR) is 139 cm³/mol. The number of fused-ring (bicyclic) bond motifs is 1. The maximum Gasteiger partial charge on any atom is 0.227 e. The van der Waals surface area contributed by atoms with Crippen LogP contribution in [-0.4, -0.2) is 59.0 Å². The second-order valence-electron chi connectivity index (χ2n) is 10.2. The van der Waals surface area contributed by atoms with Crippen molar-refractivity contribution in [2.75, 3.05) is 31.6 Å². The number of phenolic OH excluding ortho intramolecular Hbond substituents is 1. The van der Waals surface area contributed by atoms with Crippen LogP contribution in [0.15, 0.2) is 30.3 Å². The van der Waals surface area contributed by atoms with Crippen LogP contribution in [0.1, 0.15) is 44.1 Å². The first-order valence-electron chi connectivity index (χ1n) is 12.6. The maximum atomic E-state index is 12.6. The smallest absolute Gasteiger partial charge is 0.227 e. The summed E-state index contributed by atoms with van der Waals surface area (Å²) in [5.74, 6) is 0.978. The third kappa shape index (κ3) is 5.70. The zero-order valence-corrected chi connectivity index (χ0v) is 21.7. The Kier molecular flexibility index (Phi) is 7.54. The van der Waals surface area contributed by atoms with Gasteiger partial charge in [0.05, 0.1) is 10.7 Å². The number of aliphatic hydroxyl groups is 1.